The van der Waals surface area contributed by atoms with Gasteiger partial charge in [0.25, 0.3) is 5.91 Å². The molecule has 1 saturated heterocycles. The van der Waals surface area contributed by atoms with Gasteiger partial charge in [-0.05, 0) is 38.5 Å². The van der Waals surface area contributed by atoms with Crippen molar-refractivity contribution < 1.29 is 19.1 Å². The van der Waals surface area contributed by atoms with Gasteiger partial charge in [0.1, 0.15) is 17.9 Å². The second kappa shape index (κ2) is 8.78. The zero-order chi connectivity index (χ0) is 21.0. The molecule has 29 heavy (non-hydrogen) atoms. The molecule has 2 aromatic rings. The molecule has 0 saturated carbocycles. The van der Waals surface area contributed by atoms with Crippen LogP contribution in [0.1, 0.15) is 37.0 Å². The summed E-state index contributed by atoms with van der Waals surface area (Å²) < 4.78 is 11.8. The van der Waals surface area contributed by atoms with Gasteiger partial charge in [-0.25, -0.2) is 0 Å². The molecule has 1 aliphatic heterocycles. The van der Waals surface area contributed by atoms with Crippen molar-refractivity contribution in [3.63, 3.8) is 0 Å². The molecule has 0 spiro atoms. The van der Waals surface area contributed by atoms with Gasteiger partial charge in [0, 0.05) is 30.6 Å². The minimum atomic E-state index is -0.580. The summed E-state index contributed by atoms with van der Waals surface area (Å²) in [6.07, 6.45) is 2.22. The van der Waals surface area contributed by atoms with Crippen molar-refractivity contribution in [3.05, 3.63) is 30.0 Å². The highest BCUT2D eigenvalue weighted by Crippen LogP contribution is 2.32. The van der Waals surface area contributed by atoms with E-state index in [1.807, 2.05) is 19.9 Å². The van der Waals surface area contributed by atoms with Crippen molar-refractivity contribution >= 4 is 22.7 Å². The van der Waals surface area contributed by atoms with E-state index in [0.717, 1.165) is 11.8 Å². The number of nitriles is 1. The number of primary amides is 1. The van der Waals surface area contributed by atoms with Gasteiger partial charge in [-0.15, -0.1) is 0 Å². The number of pyridine rings is 1. The summed E-state index contributed by atoms with van der Waals surface area (Å²) in [7, 11) is 0. The second-order valence-electron chi connectivity index (χ2n) is 7.35. The Labute approximate surface area is 169 Å². The molecule has 1 aromatic heterocycles. The van der Waals surface area contributed by atoms with Gasteiger partial charge < -0.3 is 20.1 Å². The van der Waals surface area contributed by atoms with Crippen LogP contribution < -0.4 is 15.2 Å². The molecular weight excluding hydrogens is 372 g/mol. The summed E-state index contributed by atoms with van der Waals surface area (Å²) in [5.41, 5.74) is 6.35. The third-order valence-corrected chi connectivity index (χ3v) is 4.77. The van der Waals surface area contributed by atoms with E-state index in [9.17, 15) is 9.59 Å². The maximum absolute atomic E-state index is 11.9. The number of amides is 2. The van der Waals surface area contributed by atoms with E-state index in [4.69, 9.17) is 20.5 Å². The first-order valence-corrected chi connectivity index (χ1v) is 9.55. The Bertz CT molecular complexity index is 967. The van der Waals surface area contributed by atoms with Crippen LogP contribution in [0.4, 0.5) is 0 Å². The lowest BCUT2D eigenvalue weighted by atomic mass is 10.1. The first-order chi connectivity index (χ1) is 13.9. The third kappa shape index (κ3) is 4.74. The Morgan fingerprint density at radius 3 is 2.86 bits per heavy atom. The van der Waals surface area contributed by atoms with Gasteiger partial charge >= 0.3 is 0 Å². The van der Waals surface area contributed by atoms with E-state index in [2.05, 4.69) is 4.98 Å². The Morgan fingerprint density at radius 1 is 1.38 bits per heavy atom. The first kappa shape index (κ1) is 20.4. The van der Waals surface area contributed by atoms with Crippen LogP contribution in [0, 0.1) is 17.2 Å². The fourth-order valence-corrected chi connectivity index (χ4v) is 3.40. The predicted octanol–water partition coefficient (Wildman–Crippen LogP) is 2.26. The zero-order valence-electron chi connectivity index (χ0n) is 16.6. The molecule has 0 aliphatic carbocycles. The maximum Gasteiger partial charge on any atom is 0.252 e. The van der Waals surface area contributed by atoms with Gasteiger partial charge in [-0.3, -0.25) is 14.6 Å². The predicted molar refractivity (Wildman–Crippen MR) is 106 cm³/mol. The van der Waals surface area contributed by atoms with E-state index in [1.54, 1.807) is 29.3 Å². The number of hydrogen-bond acceptors (Lipinski definition) is 6. The number of fused-ring (bicyclic) bond motifs is 1. The van der Waals surface area contributed by atoms with E-state index in [-0.39, 0.29) is 29.9 Å². The molecule has 0 radical (unpaired) electrons. The number of nitrogens with zero attached hydrogens (tertiary/aromatic N) is 3. The normalized spacial score (nSPS) is 16.1. The third-order valence-electron chi connectivity index (χ3n) is 4.77. The van der Waals surface area contributed by atoms with Crippen LogP contribution in [0.15, 0.2) is 24.4 Å². The Balaban J connectivity index is 1.79. The number of rotatable bonds is 7. The van der Waals surface area contributed by atoms with Gasteiger partial charge in [-0.1, -0.05) is 0 Å². The number of likely N-dealkylation sites (tertiary alicyclic amines) is 1. The minimum absolute atomic E-state index is 0.0939. The summed E-state index contributed by atoms with van der Waals surface area (Å²) in [4.78, 5) is 29.7. The lowest BCUT2D eigenvalue weighted by Gasteiger charge is -2.17. The molecule has 8 heteroatoms. The van der Waals surface area contributed by atoms with Crippen LogP contribution in [0.3, 0.4) is 0 Å². The molecule has 0 unspecified atom stereocenters. The van der Waals surface area contributed by atoms with Crippen LogP contribution in [0.5, 0.6) is 11.5 Å². The van der Waals surface area contributed by atoms with Crippen LogP contribution in [0.2, 0.25) is 0 Å². The first-order valence-electron chi connectivity index (χ1n) is 9.55. The SMILES string of the molecule is CC(C)Oc1cc2c(OC[C@H]3CCN(C(=O)CC#N)C3)ccnc2cc1C(N)=O. The van der Waals surface area contributed by atoms with Crippen LogP contribution in [-0.4, -0.2) is 47.5 Å². The molecule has 2 amide bonds. The highest BCUT2D eigenvalue weighted by molar-refractivity contribution is 6.01. The van der Waals surface area contributed by atoms with Crippen molar-refractivity contribution in [1.82, 2.24) is 9.88 Å². The minimum Gasteiger partial charge on any atom is -0.492 e. The summed E-state index contributed by atoms with van der Waals surface area (Å²) in [5.74, 6) is 0.494. The number of ether oxygens (including phenoxy) is 2. The number of carbonyl (C=O) groups is 2. The average molecular weight is 396 g/mol. The molecule has 1 atom stereocenters. The number of aromatic nitrogens is 1. The fourth-order valence-electron chi connectivity index (χ4n) is 3.40. The molecule has 8 nitrogen and oxygen atoms in total. The molecule has 1 aromatic carbocycles. The lowest BCUT2D eigenvalue weighted by molar-refractivity contribution is -0.129. The van der Waals surface area contributed by atoms with Crippen molar-refractivity contribution in [2.45, 2.75) is 32.8 Å². The van der Waals surface area contributed by atoms with Gasteiger partial charge in [0.2, 0.25) is 5.91 Å². The van der Waals surface area contributed by atoms with Crippen molar-refractivity contribution in [2.75, 3.05) is 19.7 Å². The van der Waals surface area contributed by atoms with E-state index >= 15 is 0 Å². The monoisotopic (exact) mass is 396 g/mol. The smallest absolute Gasteiger partial charge is 0.252 e. The van der Waals surface area contributed by atoms with Gasteiger partial charge in [0.05, 0.1) is 29.9 Å². The summed E-state index contributed by atoms with van der Waals surface area (Å²) >= 11 is 0. The van der Waals surface area contributed by atoms with Crippen LogP contribution in [0.25, 0.3) is 10.9 Å². The highest BCUT2D eigenvalue weighted by atomic mass is 16.5. The molecule has 152 valence electrons. The Morgan fingerprint density at radius 2 is 2.17 bits per heavy atom. The summed E-state index contributed by atoms with van der Waals surface area (Å²) in [6, 6.07) is 7.00. The molecule has 1 aliphatic rings. The number of benzene rings is 1. The Hall–Kier alpha value is -3.34. The fraction of sp³-hybridized carbons (Fsp3) is 0.429. The largest absolute Gasteiger partial charge is 0.492 e. The maximum atomic E-state index is 11.9. The molecular formula is C21H24N4O4. The standard InChI is InChI=1S/C21H24N4O4/c1-13(2)29-19-10-15-17(9-16(19)21(23)27)24-7-4-18(15)28-12-14-5-8-25(11-14)20(26)3-6-22/h4,7,9-10,13-14H,3,5,8,11-12H2,1-2H3,(H2,23,27)/t14-/m0/s1. The average Bonchev–Trinajstić information content (AvgIpc) is 3.14. The van der Waals surface area contributed by atoms with Crippen molar-refractivity contribution in [2.24, 2.45) is 11.7 Å². The molecule has 2 N–H and O–H groups in total. The zero-order valence-corrected chi connectivity index (χ0v) is 16.6. The summed E-state index contributed by atoms with van der Waals surface area (Å²) in [5, 5.41) is 9.40. The quantitative estimate of drug-likeness (QED) is 0.767. The van der Waals surface area contributed by atoms with E-state index in [0.29, 0.717) is 36.7 Å². The van der Waals surface area contributed by atoms with Crippen molar-refractivity contribution in [1.29, 1.82) is 5.26 Å². The number of carbonyl (C=O) groups excluding carboxylic acids is 2. The lowest BCUT2D eigenvalue weighted by Crippen LogP contribution is -2.28. The molecule has 2 heterocycles. The molecule has 1 fully saturated rings. The van der Waals surface area contributed by atoms with Crippen molar-refractivity contribution in [3.8, 4) is 17.6 Å². The molecule has 0 bridgehead atoms. The highest BCUT2D eigenvalue weighted by Gasteiger charge is 2.26. The van der Waals surface area contributed by atoms with Gasteiger partial charge in [0.15, 0.2) is 0 Å². The van der Waals surface area contributed by atoms with Crippen LogP contribution in [-0.2, 0) is 4.79 Å². The summed E-state index contributed by atoms with van der Waals surface area (Å²) in [6.45, 7) is 5.40. The number of nitrogens with two attached hydrogens (primary N) is 1. The number of hydrogen-bond donors (Lipinski definition) is 1. The second-order valence-corrected chi connectivity index (χ2v) is 7.35. The van der Waals surface area contributed by atoms with E-state index in [1.165, 1.54) is 0 Å². The van der Waals surface area contributed by atoms with E-state index < -0.39 is 5.91 Å². The molecule has 3 rings (SSSR count). The van der Waals surface area contributed by atoms with Gasteiger partial charge in [-0.2, -0.15) is 5.26 Å². The Kier molecular flexibility index (Phi) is 6.17. The topological polar surface area (TPSA) is 119 Å². The van der Waals surface area contributed by atoms with Crippen LogP contribution >= 0.6 is 0 Å².